The van der Waals surface area contributed by atoms with Crippen molar-refractivity contribution in [3.8, 4) is 11.4 Å². The summed E-state index contributed by atoms with van der Waals surface area (Å²) >= 11 is 0. The molecule has 0 spiro atoms. The summed E-state index contributed by atoms with van der Waals surface area (Å²) in [5.74, 6) is 0.536. The van der Waals surface area contributed by atoms with E-state index in [1.807, 2.05) is 0 Å². The third kappa shape index (κ3) is 3.05. The number of hydrogen-bond acceptors (Lipinski definition) is 4. The molecule has 2 atom stereocenters. The zero-order valence-electron chi connectivity index (χ0n) is 13.2. The fourth-order valence-corrected chi connectivity index (χ4v) is 2.95. The van der Waals surface area contributed by atoms with E-state index in [9.17, 15) is 13.2 Å². The van der Waals surface area contributed by atoms with Crippen LogP contribution in [0.3, 0.4) is 0 Å². The molecule has 0 radical (unpaired) electrons. The Kier molecular flexibility index (Phi) is 4.04. The number of anilines is 1. The second-order valence-electron chi connectivity index (χ2n) is 5.97. The molecule has 1 fully saturated rings. The van der Waals surface area contributed by atoms with E-state index in [1.165, 1.54) is 12.3 Å². The van der Waals surface area contributed by atoms with Crippen molar-refractivity contribution in [3.05, 3.63) is 48.3 Å². The second-order valence-corrected chi connectivity index (χ2v) is 5.97. The lowest BCUT2D eigenvalue weighted by Crippen LogP contribution is -2.29. The molecule has 0 bridgehead atoms. The zero-order valence-corrected chi connectivity index (χ0v) is 13.2. The molecule has 5 nitrogen and oxygen atoms in total. The molecule has 4 rings (SSSR count). The van der Waals surface area contributed by atoms with Crippen molar-refractivity contribution in [1.29, 1.82) is 0 Å². The number of alkyl halides is 3. The lowest BCUT2D eigenvalue weighted by Gasteiger charge is -2.15. The van der Waals surface area contributed by atoms with Gasteiger partial charge in [-0.1, -0.05) is 6.07 Å². The Bertz CT molecular complexity index is 895. The Morgan fingerprint density at radius 2 is 2.08 bits per heavy atom. The maximum Gasteiger partial charge on any atom is 0.265 e. The van der Waals surface area contributed by atoms with Gasteiger partial charge in [0.15, 0.2) is 0 Å². The van der Waals surface area contributed by atoms with E-state index < -0.39 is 12.6 Å². The summed E-state index contributed by atoms with van der Waals surface area (Å²) < 4.78 is 41.2. The molecule has 0 aromatic carbocycles. The van der Waals surface area contributed by atoms with Gasteiger partial charge in [-0.15, -0.1) is 0 Å². The van der Waals surface area contributed by atoms with Crippen LogP contribution in [-0.2, 0) is 0 Å². The van der Waals surface area contributed by atoms with Crippen LogP contribution >= 0.6 is 0 Å². The van der Waals surface area contributed by atoms with Gasteiger partial charge in [0, 0.05) is 24.8 Å². The number of aromatic nitrogens is 3. The van der Waals surface area contributed by atoms with Crippen molar-refractivity contribution >= 4 is 11.5 Å². The molecule has 8 heteroatoms. The van der Waals surface area contributed by atoms with Gasteiger partial charge >= 0.3 is 0 Å². The molecule has 0 aliphatic carbocycles. The van der Waals surface area contributed by atoms with Gasteiger partial charge in [-0.25, -0.2) is 23.1 Å². The van der Waals surface area contributed by atoms with Crippen LogP contribution in [-0.4, -0.2) is 39.7 Å². The molecule has 1 aliphatic heterocycles. The van der Waals surface area contributed by atoms with Gasteiger partial charge in [-0.05, 0) is 24.3 Å². The monoisotopic (exact) mass is 347 g/mol. The highest BCUT2D eigenvalue weighted by molar-refractivity contribution is 5.62. The van der Waals surface area contributed by atoms with E-state index in [0.717, 1.165) is 0 Å². The van der Waals surface area contributed by atoms with Crippen molar-refractivity contribution in [2.45, 2.75) is 18.6 Å². The maximum absolute atomic E-state index is 13.7. The van der Waals surface area contributed by atoms with E-state index in [2.05, 4.69) is 20.6 Å². The van der Waals surface area contributed by atoms with Gasteiger partial charge in [0.2, 0.25) is 0 Å². The Hall–Kier alpha value is -2.61. The Morgan fingerprint density at radius 1 is 1.20 bits per heavy atom. The lowest BCUT2D eigenvalue weighted by atomic mass is 10.2. The molecule has 130 valence electrons. The molecule has 0 saturated carbocycles. The maximum atomic E-state index is 13.7. The fraction of sp³-hybridized carbons (Fsp3) is 0.294. The molecule has 1 saturated heterocycles. The molecular weight excluding hydrogens is 331 g/mol. The molecule has 4 heterocycles. The highest BCUT2D eigenvalue weighted by atomic mass is 19.3. The minimum Gasteiger partial charge on any atom is -0.363 e. The summed E-state index contributed by atoms with van der Waals surface area (Å²) in [6, 6.07) is 7.87. The molecule has 2 unspecified atom stereocenters. The number of rotatable bonds is 4. The summed E-state index contributed by atoms with van der Waals surface area (Å²) in [5, 5.41) is 6.05. The second kappa shape index (κ2) is 6.36. The lowest BCUT2D eigenvalue weighted by molar-refractivity contribution is 0.151. The van der Waals surface area contributed by atoms with Gasteiger partial charge in [0.1, 0.15) is 17.6 Å². The fourth-order valence-electron chi connectivity index (χ4n) is 2.95. The first-order valence-electron chi connectivity index (χ1n) is 7.96. The van der Waals surface area contributed by atoms with Crippen molar-refractivity contribution in [1.82, 2.24) is 19.7 Å². The number of hydrogen-bond donors (Lipinski definition) is 2. The van der Waals surface area contributed by atoms with E-state index in [0.29, 0.717) is 35.9 Å². The first-order valence-corrected chi connectivity index (χ1v) is 7.96. The van der Waals surface area contributed by atoms with Crippen LogP contribution in [0.15, 0.2) is 42.7 Å². The van der Waals surface area contributed by atoms with Crippen molar-refractivity contribution < 1.29 is 13.2 Å². The van der Waals surface area contributed by atoms with E-state index in [1.54, 1.807) is 34.9 Å². The third-order valence-corrected chi connectivity index (χ3v) is 4.27. The normalized spacial score (nSPS) is 20.5. The Balaban J connectivity index is 1.68. The average molecular weight is 347 g/mol. The van der Waals surface area contributed by atoms with Crippen LogP contribution in [0.4, 0.5) is 19.0 Å². The SMILES string of the molecule is FC(F)c1ccc2ncc(-c3cccc(NC4CNCC4F)n3)n2c1. The number of halogens is 3. The predicted molar refractivity (Wildman–Crippen MR) is 88.6 cm³/mol. The topological polar surface area (TPSA) is 54.2 Å². The molecular formula is C17H16F3N5. The third-order valence-electron chi connectivity index (χ3n) is 4.27. The number of pyridine rings is 2. The highest BCUT2D eigenvalue weighted by Gasteiger charge is 2.26. The standard InChI is InChI=1S/C17H16F3N5/c18-11-6-21-7-13(11)24-15-3-1-2-12(23-15)14-8-22-16-5-4-10(17(19)20)9-25(14)16/h1-5,8-9,11,13,17,21H,6-7H2,(H,23,24). The molecule has 3 aromatic heterocycles. The smallest absolute Gasteiger partial charge is 0.265 e. The van der Waals surface area contributed by atoms with Gasteiger partial charge < -0.3 is 10.6 Å². The van der Waals surface area contributed by atoms with Gasteiger partial charge in [0.05, 0.1) is 23.6 Å². The first-order chi connectivity index (χ1) is 12.1. The first kappa shape index (κ1) is 15.9. The van der Waals surface area contributed by atoms with Crippen molar-refractivity contribution in [2.24, 2.45) is 0 Å². The van der Waals surface area contributed by atoms with E-state index in [4.69, 9.17) is 0 Å². The van der Waals surface area contributed by atoms with Crippen LogP contribution in [0.1, 0.15) is 12.0 Å². The molecule has 1 aliphatic rings. The quantitative estimate of drug-likeness (QED) is 0.762. The van der Waals surface area contributed by atoms with Gasteiger partial charge in [0.25, 0.3) is 6.43 Å². The van der Waals surface area contributed by atoms with Crippen LogP contribution in [0.25, 0.3) is 17.0 Å². The highest BCUT2D eigenvalue weighted by Crippen LogP contribution is 2.25. The molecule has 0 amide bonds. The number of nitrogens with one attached hydrogen (secondary N) is 2. The average Bonchev–Trinajstić information content (AvgIpc) is 3.21. The zero-order chi connectivity index (χ0) is 17.4. The molecule has 3 aromatic rings. The number of nitrogens with zero attached hydrogens (tertiary/aromatic N) is 3. The minimum atomic E-state index is -2.56. The molecule has 25 heavy (non-hydrogen) atoms. The van der Waals surface area contributed by atoms with Gasteiger partial charge in [-0.3, -0.25) is 4.40 Å². The van der Waals surface area contributed by atoms with Crippen LogP contribution in [0.2, 0.25) is 0 Å². The summed E-state index contributed by atoms with van der Waals surface area (Å²) in [6.45, 7) is 0.849. The largest absolute Gasteiger partial charge is 0.363 e. The van der Waals surface area contributed by atoms with Crippen molar-refractivity contribution in [3.63, 3.8) is 0 Å². The molecule has 2 N–H and O–H groups in total. The van der Waals surface area contributed by atoms with Crippen molar-refractivity contribution in [2.75, 3.05) is 18.4 Å². The summed E-state index contributed by atoms with van der Waals surface area (Å²) in [6.07, 6.45) is -0.583. The van der Waals surface area contributed by atoms with E-state index in [-0.39, 0.29) is 11.6 Å². The van der Waals surface area contributed by atoms with Crippen LogP contribution in [0, 0.1) is 0 Å². The predicted octanol–water partition coefficient (Wildman–Crippen LogP) is 3.06. The van der Waals surface area contributed by atoms with Crippen LogP contribution < -0.4 is 10.6 Å². The summed E-state index contributed by atoms with van der Waals surface area (Å²) in [5.41, 5.74) is 1.65. The number of imidazole rings is 1. The Labute approximate surface area is 141 Å². The summed E-state index contributed by atoms with van der Waals surface area (Å²) in [4.78, 5) is 8.71. The Morgan fingerprint density at radius 3 is 2.84 bits per heavy atom. The van der Waals surface area contributed by atoms with Crippen LogP contribution in [0.5, 0.6) is 0 Å². The van der Waals surface area contributed by atoms with Gasteiger partial charge in [-0.2, -0.15) is 0 Å². The minimum absolute atomic E-state index is 0.0849. The van der Waals surface area contributed by atoms with E-state index >= 15 is 0 Å². The summed E-state index contributed by atoms with van der Waals surface area (Å²) in [7, 11) is 0. The number of fused-ring (bicyclic) bond motifs is 1.